The Bertz CT molecular complexity index is 1760. The highest BCUT2D eigenvalue weighted by molar-refractivity contribution is 6.30. The van der Waals surface area contributed by atoms with E-state index in [1.807, 2.05) is 0 Å². The summed E-state index contributed by atoms with van der Waals surface area (Å²) in [5, 5.41) is 17.5. The first-order valence-corrected chi connectivity index (χ1v) is 12.0. The summed E-state index contributed by atoms with van der Waals surface area (Å²) in [6.07, 6.45) is 0. The Morgan fingerprint density at radius 3 is 2.49 bits per heavy atom. The molecule has 0 saturated carbocycles. The zero-order valence-electron chi connectivity index (χ0n) is 20.4. The summed E-state index contributed by atoms with van der Waals surface area (Å²) < 4.78 is 5.66. The molecule has 39 heavy (non-hydrogen) atoms. The second-order valence-electron chi connectivity index (χ2n) is 8.53. The number of nitrogens with one attached hydrogen (secondary N) is 3. The van der Waals surface area contributed by atoms with Crippen molar-refractivity contribution >= 4 is 40.5 Å². The molecule has 2 aromatic heterocycles. The summed E-state index contributed by atoms with van der Waals surface area (Å²) in [5.41, 5.74) is 2.71. The first-order valence-electron chi connectivity index (χ1n) is 11.7. The van der Waals surface area contributed by atoms with E-state index in [0.717, 1.165) is 0 Å². The summed E-state index contributed by atoms with van der Waals surface area (Å²) in [5.74, 6) is 0.0922. The largest absolute Gasteiger partial charge is 0.451 e. The van der Waals surface area contributed by atoms with Crippen LogP contribution in [0.5, 0.6) is 0 Å². The van der Waals surface area contributed by atoms with Crippen molar-refractivity contribution in [1.29, 1.82) is 0 Å². The van der Waals surface area contributed by atoms with Crippen molar-refractivity contribution in [1.82, 2.24) is 9.97 Å². The van der Waals surface area contributed by atoms with Gasteiger partial charge in [0.1, 0.15) is 5.76 Å². The fourth-order valence-corrected chi connectivity index (χ4v) is 3.99. The number of nitro benzene ring substituents is 1. The number of carbonyl (C=O) groups excluding carboxylic acids is 1. The number of amides is 1. The second-order valence-corrected chi connectivity index (χ2v) is 8.96. The summed E-state index contributed by atoms with van der Waals surface area (Å²) in [6.45, 7) is 1.66. The van der Waals surface area contributed by atoms with E-state index in [1.165, 1.54) is 18.2 Å². The number of aromatic nitrogens is 2. The third-order valence-electron chi connectivity index (χ3n) is 5.82. The highest BCUT2D eigenvalue weighted by Gasteiger charge is 2.16. The van der Waals surface area contributed by atoms with E-state index >= 15 is 0 Å². The van der Waals surface area contributed by atoms with Crippen molar-refractivity contribution in [2.24, 2.45) is 0 Å². The number of anilines is 3. The molecule has 5 rings (SSSR count). The zero-order chi connectivity index (χ0) is 27.5. The molecule has 0 atom stereocenters. The Kier molecular flexibility index (Phi) is 6.94. The standard InChI is InChI=1S/C28H20ClN5O5/c1-16-25(32-28(33-26(16)35)31-20-10-8-19(29)9-11-20)18-5-2-6-21(14-18)30-27(36)24-13-12-23(39-24)17-4-3-7-22(15-17)34(37)38/h2-15H,1H3,(H,30,36)(H2,31,32,33,35). The molecule has 2 heterocycles. The fourth-order valence-electron chi connectivity index (χ4n) is 3.87. The lowest BCUT2D eigenvalue weighted by Gasteiger charge is -2.11. The number of non-ortho nitro benzene ring substituents is 1. The molecule has 5 aromatic rings. The summed E-state index contributed by atoms with van der Waals surface area (Å²) >= 11 is 5.94. The predicted octanol–water partition coefficient (Wildman–Crippen LogP) is 6.56. The minimum atomic E-state index is -0.510. The van der Waals surface area contributed by atoms with Crippen LogP contribution in [-0.4, -0.2) is 20.8 Å². The number of H-pyrrole nitrogens is 1. The van der Waals surface area contributed by atoms with E-state index in [1.54, 1.807) is 73.7 Å². The first kappa shape index (κ1) is 25.4. The minimum Gasteiger partial charge on any atom is -0.451 e. The van der Waals surface area contributed by atoms with E-state index in [-0.39, 0.29) is 23.0 Å². The van der Waals surface area contributed by atoms with Gasteiger partial charge in [0, 0.05) is 45.2 Å². The molecule has 3 N–H and O–H groups in total. The van der Waals surface area contributed by atoms with Gasteiger partial charge in [0.15, 0.2) is 5.76 Å². The SMILES string of the molecule is Cc1c(-c2cccc(NC(=O)c3ccc(-c4cccc([N+](=O)[O-])c4)o3)c2)nc(Nc2ccc(Cl)cc2)[nH]c1=O. The van der Waals surface area contributed by atoms with E-state index in [4.69, 9.17) is 16.0 Å². The van der Waals surface area contributed by atoms with Crippen LogP contribution < -0.4 is 16.2 Å². The molecule has 0 aliphatic rings. The maximum Gasteiger partial charge on any atom is 0.291 e. The van der Waals surface area contributed by atoms with Gasteiger partial charge in [-0.2, -0.15) is 0 Å². The molecule has 194 valence electrons. The van der Waals surface area contributed by atoms with Crippen molar-refractivity contribution in [2.45, 2.75) is 6.92 Å². The van der Waals surface area contributed by atoms with E-state index in [0.29, 0.717) is 44.5 Å². The van der Waals surface area contributed by atoms with Crippen LogP contribution in [0.25, 0.3) is 22.6 Å². The highest BCUT2D eigenvalue weighted by Crippen LogP contribution is 2.28. The summed E-state index contributed by atoms with van der Waals surface area (Å²) in [4.78, 5) is 43.4. The molecule has 0 spiro atoms. The number of hydrogen-bond donors (Lipinski definition) is 3. The normalized spacial score (nSPS) is 10.7. The lowest BCUT2D eigenvalue weighted by molar-refractivity contribution is -0.384. The Balaban J connectivity index is 1.37. The van der Waals surface area contributed by atoms with Crippen LogP contribution in [0.15, 0.2) is 94.1 Å². The van der Waals surface area contributed by atoms with Crippen molar-refractivity contribution in [3.8, 4) is 22.6 Å². The lowest BCUT2D eigenvalue weighted by Crippen LogP contribution is -2.15. The van der Waals surface area contributed by atoms with E-state index < -0.39 is 10.8 Å². The van der Waals surface area contributed by atoms with Gasteiger partial charge in [0.2, 0.25) is 5.95 Å². The van der Waals surface area contributed by atoms with E-state index in [2.05, 4.69) is 20.6 Å². The Hall–Kier alpha value is -5.22. The molecule has 10 nitrogen and oxygen atoms in total. The number of nitro groups is 1. The van der Waals surface area contributed by atoms with Crippen LogP contribution in [0, 0.1) is 17.0 Å². The van der Waals surface area contributed by atoms with Crippen LogP contribution in [0.2, 0.25) is 5.02 Å². The molecule has 0 unspecified atom stereocenters. The predicted molar refractivity (Wildman–Crippen MR) is 149 cm³/mol. The number of benzene rings is 3. The summed E-state index contributed by atoms with van der Waals surface area (Å²) in [7, 11) is 0. The van der Waals surface area contributed by atoms with Gasteiger partial charge >= 0.3 is 0 Å². The monoisotopic (exact) mass is 541 g/mol. The molecule has 0 aliphatic heterocycles. The average molecular weight is 542 g/mol. The third-order valence-corrected chi connectivity index (χ3v) is 6.08. The minimum absolute atomic E-state index is 0.0295. The van der Waals surface area contributed by atoms with Gasteiger partial charge in [-0.1, -0.05) is 35.9 Å². The maximum atomic E-state index is 12.9. The number of aromatic amines is 1. The molecule has 0 saturated heterocycles. The quantitative estimate of drug-likeness (QED) is 0.156. The lowest BCUT2D eigenvalue weighted by atomic mass is 10.1. The van der Waals surface area contributed by atoms with Gasteiger partial charge in [-0.3, -0.25) is 24.7 Å². The Labute approximate surface area is 226 Å². The number of halogens is 1. The smallest absolute Gasteiger partial charge is 0.291 e. The van der Waals surface area contributed by atoms with Gasteiger partial charge < -0.3 is 15.1 Å². The Morgan fingerprint density at radius 1 is 0.974 bits per heavy atom. The molecule has 11 heteroatoms. The molecule has 1 amide bonds. The van der Waals surface area contributed by atoms with Gasteiger partial charge in [-0.05, 0) is 55.5 Å². The van der Waals surface area contributed by atoms with Gasteiger partial charge in [0.25, 0.3) is 17.2 Å². The number of carbonyl (C=O) groups is 1. The van der Waals surface area contributed by atoms with Crippen LogP contribution in [0.4, 0.5) is 23.0 Å². The van der Waals surface area contributed by atoms with Crippen LogP contribution >= 0.6 is 11.6 Å². The topological polar surface area (TPSA) is 143 Å². The van der Waals surface area contributed by atoms with Crippen molar-refractivity contribution < 1.29 is 14.1 Å². The third kappa shape index (κ3) is 5.71. The van der Waals surface area contributed by atoms with E-state index in [9.17, 15) is 19.7 Å². The maximum absolute atomic E-state index is 12.9. The van der Waals surface area contributed by atoms with Gasteiger partial charge in [-0.15, -0.1) is 0 Å². The first-order chi connectivity index (χ1) is 18.8. The number of nitrogens with zero attached hydrogens (tertiary/aromatic N) is 2. The van der Waals surface area contributed by atoms with Crippen LogP contribution in [-0.2, 0) is 0 Å². The van der Waals surface area contributed by atoms with Crippen LogP contribution in [0.3, 0.4) is 0 Å². The average Bonchev–Trinajstić information content (AvgIpc) is 3.43. The molecule has 0 bridgehead atoms. The summed E-state index contributed by atoms with van der Waals surface area (Å²) in [6, 6.07) is 22.9. The van der Waals surface area contributed by atoms with Crippen molar-refractivity contribution in [2.75, 3.05) is 10.6 Å². The molecule has 0 aliphatic carbocycles. The molecule has 0 radical (unpaired) electrons. The van der Waals surface area contributed by atoms with Crippen molar-refractivity contribution in [3.05, 3.63) is 122 Å². The number of hydrogen-bond acceptors (Lipinski definition) is 7. The zero-order valence-corrected chi connectivity index (χ0v) is 21.2. The molecule has 0 fully saturated rings. The molecule has 3 aromatic carbocycles. The van der Waals surface area contributed by atoms with Crippen LogP contribution in [0.1, 0.15) is 16.1 Å². The van der Waals surface area contributed by atoms with Crippen molar-refractivity contribution in [3.63, 3.8) is 0 Å². The molecular weight excluding hydrogens is 522 g/mol. The fraction of sp³-hybridized carbons (Fsp3) is 0.0357. The number of rotatable bonds is 7. The number of furan rings is 1. The molecular formula is C28H20ClN5O5. The highest BCUT2D eigenvalue weighted by atomic mass is 35.5. The van der Waals surface area contributed by atoms with Gasteiger partial charge in [0.05, 0.1) is 10.6 Å². The Morgan fingerprint density at radius 2 is 1.72 bits per heavy atom. The second kappa shape index (κ2) is 10.6. The van der Waals surface area contributed by atoms with Gasteiger partial charge in [-0.25, -0.2) is 4.98 Å².